The summed E-state index contributed by atoms with van der Waals surface area (Å²) in [6.45, 7) is 0. The fraction of sp³-hybridized carbons (Fsp3) is 0.600. The van der Waals surface area contributed by atoms with E-state index < -0.39 is 0 Å². The highest BCUT2D eigenvalue weighted by Gasteiger charge is 2.22. The van der Waals surface area contributed by atoms with Crippen molar-refractivity contribution in [2.45, 2.75) is 51.0 Å². The summed E-state index contributed by atoms with van der Waals surface area (Å²) in [4.78, 5) is 0. The molecule has 1 aromatic carbocycles. The van der Waals surface area contributed by atoms with E-state index in [2.05, 4.69) is 18.2 Å². The van der Waals surface area contributed by atoms with Crippen LogP contribution in [0.25, 0.3) is 0 Å². The minimum Gasteiger partial charge on any atom is -0.388 e. The maximum absolute atomic E-state index is 10.2. The van der Waals surface area contributed by atoms with Crippen LogP contribution in [0.2, 0.25) is 0 Å². The molecule has 3 rings (SSSR count). The summed E-state index contributed by atoms with van der Waals surface area (Å²) >= 11 is 0. The third kappa shape index (κ3) is 1.89. The SMILES string of the molecule is OC(CC1CCC1)c1ccc2c(c1)CCC2. The van der Waals surface area contributed by atoms with Gasteiger partial charge in [0.05, 0.1) is 6.10 Å². The fourth-order valence-electron chi connectivity index (χ4n) is 2.98. The molecule has 0 radical (unpaired) electrons. The number of benzene rings is 1. The van der Waals surface area contributed by atoms with E-state index in [1.54, 1.807) is 0 Å². The molecule has 1 atom stereocenters. The van der Waals surface area contributed by atoms with Crippen molar-refractivity contribution in [3.63, 3.8) is 0 Å². The first kappa shape index (κ1) is 10.3. The van der Waals surface area contributed by atoms with Gasteiger partial charge in [0.15, 0.2) is 0 Å². The molecule has 0 saturated heterocycles. The number of aryl methyl sites for hydroxylation is 2. The molecule has 2 aliphatic carbocycles. The van der Waals surface area contributed by atoms with Gasteiger partial charge < -0.3 is 5.11 Å². The Labute approximate surface area is 97.5 Å². The van der Waals surface area contributed by atoms with Gasteiger partial charge in [-0.25, -0.2) is 0 Å². The predicted octanol–water partition coefficient (Wildman–Crippen LogP) is 3.40. The van der Waals surface area contributed by atoms with Gasteiger partial charge in [0, 0.05) is 0 Å². The molecule has 1 nitrogen and oxygen atoms in total. The topological polar surface area (TPSA) is 20.2 Å². The minimum absolute atomic E-state index is 0.226. The molecule has 0 bridgehead atoms. The highest BCUT2D eigenvalue weighted by atomic mass is 16.3. The van der Waals surface area contributed by atoms with E-state index in [1.807, 2.05) is 0 Å². The second-order valence-electron chi connectivity index (χ2n) is 5.43. The summed E-state index contributed by atoms with van der Waals surface area (Å²) in [5, 5.41) is 10.2. The molecule has 1 unspecified atom stereocenters. The molecule has 1 fully saturated rings. The van der Waals surface area contributed by atoms with E-state index in [9.17, 15) is 5.11 Å². The zero-order valence-electron chi connectivity index (χ0n) is 9.78. The van der Waals surface area contributed by atoms with E-state index >= 15 is 0 Å². The van der Waals surface area contributed by atoms with Gasteiger partial charge in [-0.15, -0.1) is 0 Å². The van der Waals surface area contributed by atoms with Gasteiger partial charge in [-0.2, -0.15) is 0 Å². The van der Waals surface area contributed by atoms with Crippen LogP contribution in [0.1, 0.15) is 54.9 Å². The monoisotopic (exact) mass is 216 g/mol. The largest absolute Gasteiger partial charge is 0.388 e. The first-order valence-electron chi connectivity index (χ1n) is 6.63. The molecule has 0 heterocycles. The fourth-order valence-corrected chi connectivity index (χ4v) is 2.98. The van der Waals surface area contributed by atoms with Crippen LogP contribution >= 0.6 is 0 Å². The minimum atomic E-state index is -0.226. The molecular formula is C15H20O. The molecule has 1 aromatic rings. The highest BCUT2D eigenvalue weighted by molar-refractivity contribution is 5.36. The zero-order chi connectivity index (χ0) is 11.0. The van der Waals surface area contributed by atoms with Crippen LogP contribution in [0.15, 0.2) is 18.2 Å². The van der Waals surface area contributed by atoms with Crippen LogP contribution in [0.5, 0.6) is 0 Å². The van der Waals surface area contributed by atoms with Crippen LogP contribution < -0.4 is 0 Å². The highest BCUT2D eigenvalue weighted by Crippen LogP contribution is 2.35. The van der Waals surface area contributed by atoms with Gasteiger partial charge >= 0.3 is 0 Å². The van der Waals surface area contributed by atoms with E-state index in [0.29, 0.717) is 0 Å². The van der Waals surface area contributed by atoms with Crippen molar-refractivity contribution < 1.29 is 5.11 Å². The smallest absolute Gasteiger partial charge is 0.0792 e. The molecule has 1 N–H and O–H groups in total. The summed E-state index contributed by atoms with van der Waals surface area (Å²) in [6.07, 6.45) is 8.48. The lowest BCUT2D eigenvalue weighted by molar-refractivity contribution is 0.118. The van der Waals surface area contributed by atoms with E-state index in [0.717, 1.165) is 17.9 Å². The maximum atomic E-state index is 10.2. The number of aliphatic hydroxyl groups excluding tert-OH is 1. The lowest BCUT2D eigenvalue weighted by Crippen LogP contribution is -2.15. The van der Waals surface area contributed by atoms with Crippen molar-refractivity contribution in [2.75, 3.05) is 0 Å². The zero-order valence-corrected chi connectivity index (χ0v) is 9.78. The molecule has 1 saturated carbocycles. The Bertz CT molecular complexity index is 379. The average Bonchev–Trinajstić information content (AvgIpc) is 2.69. The van der Waals surface area contributed by atoms with Gasteiger partial charge in [-0.1, -0.05) is 37.5 Å². The van der Waals surface area contributed by atoms with Crippen molar-refractivity contribution in [3.8, 4) is 0 Å². The summed E-state index contributed by atoms with van der Waals surface area (Å²) in [5.74, 6) is 0.781. The van der Waals surface area contributed by atoms with Crippen LogP contribution in [-0.4, -0.2) is 5.11 Å². The van der Waals surface area contributed by atoms with Crippen molar-refractivity contribution in [2.24, 2.45) is 5.92 Å². The van der Waals surface area contributed by atoms with Crippen molar-refractivity contribution >= 4 is 0 Å². The summed E-state index contributed by atoms with van der Waals surface area (Å²) in [5.41, 5.74) is 4.12. The number of hydrogen-bond donors (Lipinski definition) is 1. The molecule has 2 aliphatic rings. The summed E-state index contributed by atoms with van der Waals surface area (Å²) in [6, 6.07) is 6.60. The van der Waals surface area contributed by atoms with Crippen molar-refractivity contribution in [1.29, 1.82) is 0 Å². The normalized spacial score (nSPS) is 21.6. The number of fused-ring (bicyclic) bond motifs is 1. The number of aliphatic hydroxyl groups is 1. The van der Waals surface area contributed by atoms with Gasteiger partial charge in [0.25, 0.3) is 0 Å². The Morgan fingerprint density at radius 1 is 1.12 bits per heavy atom. The molecule has 0 aromatic heterocycles. The molecule has 16 heavy (non-hydrogen) atoms. The molecule has 1 heteroatoms. The van der Waals surface area contributed by atoms with E-state index in [-0.39, 0.29) is 6.10 Å². The molecule has 86 valence electrons. The molecule has 0 amide bonds. The van der Waals surface area contributed by atoms with Gasteiger partial charge in [0.1, 0.15) is 0 Å². The van der Waals surface area contributed by atoms with Crippen LogP contribution in [0.4, 0.5) is 0 Å². The Morgan fingerprint density at radius 2 is 1.94 bits per heavy atom. The quantitative estimate of drug-likeness (QED) is 0.821. The Kier molecular flexibility index (Phi) is 2.72. The van der Waals surface area contributed by atoms with Gasteiger partial charge in [-0.3, -0.25) is 0 Å². The second kappa shape index (κ2) is 4.21. The Balaban J connectivity index is 1.72. The summed E-state index contributed by atoms with van der Waals surface area (Å²) < 4.78 is 0. The van der Waals surface area contributed by atoms with Crippen LogP contribution in [0, 0.1) is 5.92 Å². The lowest BCUT2D eigenvalue weighted by Gasteiger charge is -2.27. The Hall–Kier alpha value is -0.820. The molecular weight excluding hydrogens is 196 g/mol. The predicted molar refractivity (Wildman–Crippen MR) is 65.4 cm³/mol. The average molecular weight is 216 g/mol. The third-order valence-corrected chi connectivity index (χ3v) is 4.29. The molecule has 0 aliphatic heterocycles. The first-order chi connectivity index (χ1) is 7.83. The number of rotatable bonds is 3. The number of hydrogen-bond acceptors (Lipinski definition) is 1. The van der Waals surface area contributed by atoms with Gasteiger partial charge in [0.2, 0.25) is 0 Å². The van der Waals surface area contributed by atoms with E-state index in [1.165, 1.54) is 49.7 Å². The third-order valence-electron chi connectivity index (χ3n) is 4.29. The van der Waals surface area contributed by atoms with Crippen molar-refractivity contribution in [1.82, 2.24) is 0 Å². The van der Waals surface area contributed by atoms with Crippen molar-refractivity contribution in [3.05, 3.63) is 34.9 Å². The second-order valence-corrected chi connectivity index (χ2v) is 5.43. The van der Waals surface area contributed by atoms with Gasteiger partial charge in [-0.05, 0) is 48.3 Å². The van der Waals surface area contributed by atoms with Crippen LogP contribution in [0.3, 0.4) is 0 Å². The van der Waals surface area contributed by atoms with Crippen LogP contribution in [-0.2, 0) is 12.8 Å². The standard InChI is InChI=1S/C15H20O/c16-15(9-11-3-1-4-11)14-8-7-12-5-2-6-13(12)10-14/h7-8,10-11,15-16H,1-6,9H2. The van der Waals surface area contributed by atoms with E-state index in [4.69, 9.17) is 0 Å². The Morgan fingerprint density at radius 3 is 2.69 bits per heavy atom. The molecule has 0 spiro atoms. The first-order valence-corrected chi connectivity index (χ1v) is 6.63. The maximum Gasteiger partial charge on any atom is 0.0792 e. The summed E-state index contributed by atoms with van der Waals surface area (Å²) in [7, 11) is 0. The lowest BCUT2D eigenvalue weighted by atomic mass is 9.80.